The van der Waals surface area contributed by atoms with Gasteiger partial charge in [0.2, 0.25) is 0 Å². The third kappa shape index (κ3) is 4.41. The summed E-state index contributed by atoms with van der Waals surface area (Å²) in [6.45, 7) is 0. The fraction of sp³-hybridized carbons (Fsp3) is 0. The van der Waals surface area contributed by atoms with E-state index in [1.807, 2.05) is 12.3 Å². The fourth-order valence-electron chi connectivity index (χ4n) is 6.75. The molecule has 2 heterocycles. The number of aromatic nitrogens is 3. The van der Waals surface area contributed by atoms with E-state index in [0.29, 0.717) is 5.82 Å². The Labute approximate surface area is 266 Å². The Morgan fingerprint density at radius 2 is 0.891 bits per heavy atom. The van der Waals surface area contributed by atoms with Crippen LogP contribution in [0.25, 0.3) is 88.1 Å². The molecule has 0 N–H and O–H groups in total. The van der Waals surface area contributed by atoms with Gasteiger partial charge in [-0.1, -0.05) is 121 Å². The second-order valence-electron chi connectivity index (χ2n) is 11.7. The smallest absolute Gasteiger partial charge is 0.161 e. The molecule has 9 aromatic rings. The molecule has 7 aromatic carbocycles. The number of rotatable bonds is 4. The number of hydrogen-bond acceptors (Lipinski definition) is 3. The zero-order valence-corrected chi connectivity index (χ0v) is 24.9. The highest BCUT2D eigenvalue weighted by Crippen LogP contribution is 2.39. The van der Waals surface area contributed by atoms with Gasteiger partial charge in [0.15, 0.2) is 5.82 Å². The van der Waals surface area contributed by atoms with Crippen molar-refractivity contribution in [1.29, 1.82) is 0 Å². The van der Waals surface area contributed by atoms with Gasteiger partial charge in [-0.05, 0) is 79.0 Å². The molecule has 0 radical (unpaired) electrons. The van der Waals surface area contributed by atoms with Crippen LogP contribution in [0.5, 0.6) is 0 Å². The van der Waals surface area contributed by atoms with E-state index in [1.54, 1.807) is 6.20 Å². The molecule has 0 aliphatic heterocycles. The van der Waals surface area contributed by atoms with Crippen molar-refractivity contribution in [2.45, 2.75) is 0 Å². The van der Waals surface area contributed by atoms with Crippen LogP contribution in [-0.4, -0.2) is 15.0 Å². The van der Waals surface area contributed by atoms with E-state index in [2.05, 4.69) is 151 Å². The first-order valence-electron chi connectivity index (χ1n) is 15.5. The Morgan fingerprint density at radius 3 is 1.57 bits per heavy atom. The van der Waals surface area contributed by atoms with Gasteiger partial charge in [0.1, 0.15) is 0 Å². The van der Waals surface area contributed by atoms with Crippen molar-refractivity contribution >= 4 is 43.1 Å². The van der Waals surface area contributed by atoms with Crippen molar-refractivity contribution in [2.24, 2.45) is 0 Å². The standard InChI is InChI=1S/C43H27N3/c1-3-16-33-29(11-1)24-39(37-20-7-5-18-35(33)37)42-26-41(31-14-9-13-28(23-31)32-15-10-22-44-27-32)45-43(46-42)40-25-30-12-2-4-17-34(30)36-19-6-8-21-38(36)40/h1-27H. The molecular formula is C43H27N3. The third-order valence-corrected chi connectivity index (χ3v) is 8.93. The van der Waals surface area contributed by atoms with Gasteiger partial charge in [0.05, 0.1) is 11.4 Å². The van der Waals surface area contributed by atoms with Gasteiger partial charge in [-0.2, -0.15) is 0 Å². The van der Waals surface area contributed by atoms with Gasteiger partial charge in [-0.25, -0.2) is 9.97 Å². The van der Waals surface area contributed by atoms with Crippen LogP contribution in [-0.2, 0) is 0 Å². The first-order valence-corrected chi connectivity index (χ1v) is 15.5. The summed E-state index contributed by atoms with van der Waals surface area (Å²) in [5, 5.41) is 9.53. The van der Waals surface area contributed by atoms with Crippen molar-refractivity contribution in [1.82, 2.24) is 15.0 Å². The molecule has 0 atom stereocenters. The molecule has 0 unspecified atom stereocenters. The van der Waals surface area contributed by atoms with Crippen LogP contribution < -0.4 is 0 Å². The number of pyridine rings is 1. The summed E-state index contributed by atoms with van der Waals surface area (Å²) in [6.07, 6.45) is 3.70. The monoisotopic (exact) mass is 585 g/mol. The van der Waals surface area contributed by atoms with Gasteiger partial charge in [0, 0.05) is 34.6 Å². The number of nitrogens with zero attached hydrogens (tertiary/aromatic N) is 3. The molecule has 46 heavy (non-hydrogen) atoms. The average Bonchev–Trinajstić information content (AvgIpc) is 3.14. The van der Waals surface area contributed by atoms with Crippen molar-refractivity contribution < 1.29 is 0 Å². The van der Waals surface area contributed by atoms with Gasteiger partial charge in [0.25, 0.3) is 0 Å². The van der Waals surface area contributed by atoms with Crippen LogP contribution in [0.15, 0.2) is 164 Å². The van der Waals surface area contributed by atoms with Crippen LogP contribution in [0.3, 0.4) is 0 Å². The van der Waals surface area contributed by atoms with Crippen molar-refractivity contribution in [3.8, 4) is 45.0 Å². The van der Waals surface area contributed by atoms with Crippen LogP contribution in [0.2, 0.25) is 0 Å². The molecule has 9 rings (SSSR count). The van der Waals surface area contributed by atoms with Gasteiger partial charge < -0.3 is 0 Å². The quantitative estimate of drug-likeness (QED) is 0.193. The maximum absolute atomic E-state index is 5.37. The molecule has 0 bridgehead atoms. The number of fused-ring (bicyclic) bond motifs is 6. The number of benzene rings is 7. The Balaban J connectivity index is 1.35. The van der Waals surface area contributed by atoms with Crippen molar-refractivity contribution in [3.63, 3.8) is 0 Å². The normalized spacial score (nSPS) is 11.5. The highest BCUT2D eigenvalue weighted by atomic mass is 14.9. The molecule has 0 aliphatic rings. The summed E-state index contributed by atoms with van der Waals surface area (Å²) >= 11 is 0. The molecule has 0 saturated carbocycles. The second kappa shape index (κ2) is 10.8. The topological polar surface area (TPSA) is 38.7 Å². The molecule has 3 heteroatoms. The average molecular weight is 586 g/mol. The van der Waals surface area contributed by atoms with Crippen molar-refractivity contribution in [2.75, 3.05) is 0 Å². The summed E-state index contributed by atoms with van der Waals surface area (Å²) in [5.74, 6) is 0.707. The van der Waals surface area contributed by atoms with Gasteiger partial charge >= 0.3 is 0 Å². The number of hydrogen-bond donors (Lipinski definition) is 0. The molecule has 0 amide bonds. The minimum Gasteiger partial charge on any atom is -0.264 e. The maximum Gasteiger partial charge on any atom is 0.161 e. The lowest BCUT2D eigenvalue weighted by Gasteiger charge is -2.15. The predicted molar refractivity (Wildman–Crippen MR) is 192 cm³/mol. The summed E-state index contributed by atoms with van der Waals surface area (Å²) in [4.78, 5) is 15.0. The molecule has 3 nitrogen and oxygen atoms in total. The highest BCUT2D eigenvalue weighted by molar-refractivity contribution is 6.15. The minimum atomic E-state index is 0.707. The predicted octanol–water partition coefficient (Wildman–Crippen LogP) is 11.2. The van der Waals surface area contributed by atoms with Crippen LogP contribution >= 0.6 is 0 Å². The SMILES string of the molecule is c1cncc(-c2cccc(-c3cc(-c4cc5ccccc5c5ccccc45)nc(-c4cc5ccccc5c5ccccc45)n3)c2)c1. The lowest BCUT2D eigenvalue weighted by atomic mass is 9.94. The van der Waals surface area contributed by atoms with Crippen LogP contribution in [0.1, 0.15) is 0 Å². The molecule has 0 fully saturated rings. The van der Waals surface area contributed by atoms with E-state index in [4.69, 9.17) is 9.97 Å². The lowest BCUT2D eigenvalue weighted by molar-refractivity contribution is 1.19. The van der Waals surface area contributed by atoms with Crippen LogP contribution in [0.4, 0.5) is 0 Å². The van der Waals surface area contributed by atoms with Crippen molar-refractivity contribution in [3.05, 3.63) is 164 Å². The molecule has 0 saturated heterocycles. The molecule has 214 valence electrons. The lowest BCUT2D eigenvalue weighted by Crippen LogP contribution is -1.98. The Hall–Kier alpha value is -6.19. The molecule has 0 aliphatic carbocycles. The fourth-order valence-corrected chi connectivity index (χ4v) is 6.75. The summed E-state index contributed by atoms with van der Waals surface area (Å²) in [5.41, 5.74) is 7.07. The van der Waals surface area contributed by atoms with E-state index >= 15 is 0 Å². The maximum atomic E-state index is 5.37. The second-order valence-corrected chi connectivity index (χ2v) is 11.7. The van der Waals surface area contributed by atoms with Gasteiger partial charge in [-0.3, -0.25) is 4.98 Å². The Kier molecular flexibility index (Phi) is 6.14. The van der Waals surface area contributed by atoms with E-state index < -0.39 is 0 Å². The van der Waals surface area contributed by atoms with E-state index in [-0.39, 0.29) is 0 Å². The minimum absolute atomic E-state index is 0.707. The third-order valence-electron chi connectivity index (χ3n) is 8.93. The zero-order valence-electron chi connectivity index (χ0n) is 24.9. The van der Waals surface area contributed by atoms with E-state index in [1.165, 1.54) is 37.7 Å². The summed E-state index contributed by atoms with van der Waals surface area (Å²) in [6, 6.07) is 53.6. The molecule has 2 aromatic heterocycles. The first-order chi connectivity index (χ1) is 22.8. The first kappa shape index (κ1) is 26.2. The Bertz CT molecular complexity index is 2450. The summed E-state index contributed by atoms with van der Waals surface area (Å²) < 4.78 is 0. The van der Waals surface area contributed by atoms with Gasteiger partial charge in [-0.15, -0.1) is 0 Å². The van der Waals surface area contributed by atoms with E-state index in [9.17, 15) is 0 Å². The zero-order chi connectivity index (χ0) is 30.5. The summed E-state index contributed by atoms with van der Waals surface area (Å²) in [7, 11) is 0. The van der Waals surface area contributed by atoms with E-state index in [0.717, 1.165) is 44.6 Å². The Morgan fingerprint density at radius 1 is 0.348 bits per heavy atom. The van der Waals surface area contributed by atoms with Crippen LogP contribution in [0, 0.1) is 0 Å². The molecule has 0 spiro atoms. The largest absolute Gasteiger partial charge is 0.264 e. The molecular weight excluding hydrogens is 558 g/mol. The highest BCUT2D eigenvalue weighted by Gasteiger charge is 2.17.